The molecule has 0 unspecified atom stereocenters. The van der Waals surface area contributed by atoms with Crippen molar-refractivity contribution < 1.29 is 22.7 Å². The Balaban J connectivity index is 1.51. The number of hydrogen-bond donors (Lipinski definition) is 0. The van der Waals surface area contributed by atoms with Gasteiger partial charge in [-0.05, 0) is 54.6 Å². The minimum atomic E-state index is -3.90. The van der Waals surface area contributed by atoms with Gasteiger partial charge in [0.1, 0.15) is 0 Å². The summed E-state index contributed by atoms with van der Waals surface area (Å²) in [4.78, 5) is 29.0. The molecule has 1 saturated heterocycles. The summed E-state index contributed by atoms with van der Waals surface area (Å²) >= 11 is 1.56. The standard InChI is InChI=1S/C24H21NO5S2/c26-23-19-7-1-2-8-21(19)32(28,29)22-13-16(9-10-20(22)23)24(27)25(14-17-5-3-11-30-17)15-18-6-4-12-31-18/h1-2,4,6-10,12-13,17H,3,5,11,14-15H2/t17-/m1/s1. The van der Waals surface area contributed by atoms with E-state index in [0.29, 0.717) is 19.7 Å². The molecule has 1 atom stereocenters. The van der Waals surface area contributed by atoms with Crippen LogP contribution in [-0.4, -0.2) is 44.3 Å². The van der Waals surface area contributed by atoms with Gasteiger partial charge in [-0.25, -0.2) is 8.42 Å². The van der Waals surface area contributed by atoms with Crippen molar-refractivity contribution in [1.29, 1.82) is 0 Å². The predicted octanol–water partition coefficient (Wildman–Crippen LogP) is 3.95. The maximum absolute atomic E-state index is 13.5. The first kappa shape index (κ1) is 21.1. The highest BCUT2D eigenvalue weighted by molar-refractivity contribution is 7.91. The minimum Gasteiger partial charge on any atom is -0.376 e. The first-order valence-electron chi connectivity index (χ1n) is 10.4. The molecule has 2 aliphatic rings. The third kappa shape index (κ3) is 3.68. The van der Waals surface area contributed by atoms with E-state index in [9.17, 15) is 18.0 Å². The highest BCUT2D eigenvalue weighted by Gasteiger charge is 2.35. The van der Waals surface area contributed by atoms with Crippen LogP contribution in [0.25, 0.3) is 0 Å². The van der Waals surface area contributed by atoms with Gasteiger partial charge < -0.3 is 9.64 Å². The number of amides is 1. The molecule has 5 rings (SSSR count). The summed E-state index contributed by atoms with van der Waals surface area (Å²) in [5.74, 6) is -0.627. The molecule has 0 radical (unpaired) electrons. The van der Waals surface area contributed by atoms with Crippen molar-refractivity contribution in [3.8, 4) is 0 Å². The molecule has 2 aromatic carbocycles. The van der Waals surface area contributed by atoms with E-state index in [4.69, 9.17) is 4.74 Å². The van der Waals surface area contributed by atoms with Crippen LogP contribution in [0, 0.1) is 0 Å². The molecule has 0 saturated carbocycles. The first-order valence-corrected chi connectivity index (χ1v) is 12.8. The quantitative estimate of drug-likeness (QED) is 0.444. The molecule has 0 bridgehead atoms. The van der Waals surface area contributed by atoms with Gasteiger partial charge in [-0.1, -0.05) is 18.2 Å². The van der Waals surface area contributed by atoms with Crippen LogP contribution in [0.4, 0.5) is 0 Å². The lowest BCUT2D eigenvalue weighted by atomic mass is 10.0. The Morgan fingerprint density at radius 2 is 1.88 bits per heavy atom. The van der Waals surface area contributed by atoms with E-state index in [1.807, 2.05) is 17.5 Å². The zero-order valence-corrected chi connectivity index (χ0v) is 18.8. The van der Waals surface area contributed by atoms with Crippen LogP contribution in [-0.2, 0) is 21.1 Å². The maximum Gasteiger partial charge on any atom is 0.254 e. The molecule has 6 nitrogen and oxygen atoms in total. The van der Waals surface area contributed by atoms with Crippen LogP contribution in [0.15, 0.2) is 69.8 Å². The monoisotopic (exact) mass is 467 g/mol. The largest absolute Gasteiger partial charge is 0.376 e. The van der Waals surface area contributed by atoms with E-state index < -0.39 is 9.84 Å². The van der Waals surface area contributed by atoms with Crippen molar-refractivity contribution >= 4 is 32.9 Å². The van der Waals surface area contributed by atoms with Crippen molar-refractivity contribution in [2.24, 2.45) is 0 Å². The van der Waals surface area contributed by atoms with E-state index in [1.54, 1.807) is 34.4 Å². The number of carbonyl (C=O) groups excluding carboxylic acids is 2. The highest BCUT2D eigenvalue weighted by Crippen LogP contribution is 2.35. The molecule has 2 aliphatic heterocycles. The van der Waals surface area contributed by atoms with Crippen molar-refractivity contribution in [1.82, 2.24) is 4.90 Å². The van der Waals surface area contributed by atoms with Gasteiger partial charge in [0.2, 0.25) is 9.84 Å². The zero-order valence-electron chi connectivity index (χ0n) is 17.2. The number of benzene rings is 2. The number of sulfone groups is 1. The second-order valence-corrected chi connectivity index (χ2v) is 10.9. The van der Waals surface area contributed by atoms with Crippen molar-refractivity contribution in [2.75, 3.05) is 13.2 Å². The Morgan fingerprint density at radius 1 is 1.06 bits per heavy atom. The average molecular weight is 468 g/mol. The molecule has 8 heteroatoms. The minimum absolute atomic E-state index is 0.0168. The van der Waals surface area contributed by atoms with Gasteiger partial charge in [0.25, 0.3) is 5.91 Å². The smallest absolute Gasteiger partial charge is 0.254 e. The number of rotatable bonds is 5. The summed E-state index contributed by atoms with van der Waals surface area (Å²) in [5, 5.41) is 1.96. The topological polar surface area (TPSA) is 80.8 Å². The van der Waals surface area contributed by atoms with E-state index in [0.717, 1.165) is 17.7 Å². The number of nitrogens with zero attached hydrogens (tertiary/aromatic N) is 1. The lowest BCUT2D eigenvalue weighted by Crippen LogP contribution is -2.37. The Morgan fingerprint density at radius 3 is 2.62 bits per heavy atom. The fourth-order valence-electron chi connectivity index (χ4n) is 4.24. The number of thiophene rings is 1. The Kier molecular flexibility index (Phi) is 5.44. The van der Waals surface area contributed by atoms with Crippen LogP contribution in [0.2, 0.25) is 0 Å². The number of ketones is 1. The molecule has 3 aromatic rings. The Labute approximate surface area is 190 Å². The van der Waals surface area contributed by atoms with E-state index in [2.05, 4.69) is 0 Å². The molecule has 32 heavy (non-hydrogen) atoms. The molecule has 164 valence electrons. The van der Waals surface area contributed by atoms with E-state index in [-0.39, 0.29) is 44.3 Å². The van der Waals surface area contributed by atoms with Crippen LogP contribution in [0.1, 0.15) is 44.0 Å². The van der Waals surface area contributed by atoms with Crippen molar-refractivity contribution in [3.63, 3.8) is 0 Å². The summed E-state index contributed by atoms with van der Waals surface area (Å²) in [6, 6.07) is 14.4. The van der Waals surface area contributed by atoms with Gasteiger partial charge in [-0.15, -0.1) is 11.3 Å². The second-order valence-electron chi connectivity index (χ2n) is 7.94. The third-order valence-corrected chi connectivity index (χ3v) is 8.56. The van der Waals surface area contributed by atoms with Crippen LogP contribution in [0.5, 0.6) is 0 Å². The van der Waals surface area contributed by atoms with Gasteiger partial charge in [0.15, 0.2) is 5.78 Å². The molecular weight excluding hydrogens is 446 g/mol. The summed E-state index contributed by atoms with van der Waals surface area (Å²) in [6.45, 7) is 1.54. The lowest BCUT2D eigenvalue weighted by Gasteiger charge is -2.26. The van der Waals surface area contributed by atoms with Gasteiger partial charge in [0, 0.05) is 34.7 Å². The normalized spacial score (nSPS) is 18.8. The van der Waals surface area contributed by atoms with Gasteiger partial charge in [-0.3, -0.25) is 9.59 Å². The number of ether oxygens (including phenoxy) is 1. The van der Waals surface area contributed by atoms with Crippen LogP contribution in [0.3, 0.4) is 0 Å². The van der Waals surface area contributed by atoms with E-state index in [1.165, 1.54) is 24.3 Å². The first-order chi connectivity index (χ1) is 15.4. The van der Waals surface area contributed by atoms with Crippen molar-refractivity contribution in [3.05, 3.63) is 81.5 Å². The van der Waals surface area contributed by atoms with Crippen LogP contribution < -0.4 is 0 Å². The van der Waals surface area contributed by atoms with Crippen LogP contribution >= 0.6 is 11.3 Å². The Bertz CT molecular complexity index is 1290. The molecule has 1 aromatic heterocycles. The molecule has 3 heterocycles. The molecule has 1 amide bonds. The zero-order chi connectivity index (χ0) is 22.3. The second kappa shape index (κ2) is 8.27. The Hall–Kier alpha value is -2.81. The summed E-state index contributed by atoms with van der Waals surface area (Å²) in [6.07, 6.45) is 1.82. The molecule has 1 fully saturated rings. The van der Waals surface area contributed by atoms with Crippen molar-refractivity contribution in [2.45, 2.75) is 35.3 Å². The number of hydrogen-bond acceptors (Lipinski definition) is 6. The molecule has 0 spiro atoms. The number of carbonyl (C=O) groups is 2. The SMILES string of the molecule is O=C1c2ccccc2S(=O)(=O)c2cc(C(=O)N(Cc3cccs3)C[C@H]3CCCO3)ccc21. The lowest BCUT2D eigenvalue weighted by molar-refractivity contribution is 0.0509. The fourth-order valence-corrected chi connectivity index (χ4v) is 6.64. The fraction of sp³-hybridized carbons (Fsp3) is 0.250. The van der Waals surface area contributed by atoms with Gasteiger partial charge >= 0.3 is 0 Å². The van der Waals surface area contributed by atoms with E-state index >= 15 is 0 Å². The highest BCUT2D eigenvalue weighted by atomic mass is 32.2. The summed E-state index contributed by atoms with van der Waals surface area (Å²) in [7, 11) is -3.90. The van der Waals surface area contributed by atoms with Gasteiger partial charge in [-0.2, -0.15) is 0 Å². The third-order valence-electron chi connectivity index (χ3n) is 5.85. The molecule has 0 N–H and O–H groups in total. The predicted molar refractivity (Wildman–Crippen MR) is 120 cm³/mol. The average Bonchev–Trinajstić information content (AvgIpc) is 3.51. The molecular formula is C24H21NO5S2. The molecule has 0 aliphatic carbocycles. The summed E-state index contributed by atoms with van der Waals surface area (Å²) < 4.78 is 32.2. The van der Waals surface area contributed by atoms with Gasteiger partial charge in [0.05, 0.1) is 22.4 Å². The number of fused-ring (bicyclic) bond motifs is 2. The maximum atomic E-state index is 13.5. The summed E-state index contributed by atoms with van der Waals surface area (Å²) in [5.41, 5.74) is 0.509.